The Morgan fingerprint density at radius 1 is 1.22 bits per heavy atom. The third kappa shape index (κ3) is 5.78. The van der Waals surface area contributed by atoms with E-state index in [4.69, 9.17) is 0 Å². The number of amides is 1. The molecule has 0 unspecified atom stereocenters. The van der Waals surface area contributed by atoms with Gasteiger partial charge in [-0.05, 0) is 46.8 Å². The zero-order valence-corrected chi connectivity index (χ0v) is 14.6. The molecule has 0 atom stereocenters. The van der Waals surface area contributed by atoms with E-state index in [1.807, 2.05) is 27.1 Å². The molecular weight excluding hydrogens is 290 g/mol. The number of hydrogen-bond donors (Lipinski definition) is 1. The molecule has 1 saturated heterocycles. The van der Waals surface area contributed by atoms with Crippen molar-refractivity contribution in [2.75, 3.05) is 45.2 Å². The van der Waals surface area contributed by atoms with Crippen molar-refractivity contribution in [3.63, 3.8) is 0 Å². The maximum absolute atomic E-state index is 12.3. The first-order valence-electron chi connectivity index (χ1n) is 8.60. The number of aryl methyl sites for hydroxylation is 1. The minimum Gasteiger partial charge on any atom is -0.356 e. The van der Waals surface area contributed by atoms with Gasteiger partial charge in [-0.2, -0.15) is 0 Å². The lowest BCUT2D eigenvalue weighted by atomic mass is 10.2. The van der Waals surface area contributed by atoms with Crippen LogP contribution in [0.2, 0.25) is 0 Å². The summed E-state index contributed by atoms with van der Waals surface area (Å²) in [5, 5.41) is 2.95. The number of hydrogen-bond acceptors (Lipinski definition) is 5. The molecule has 1 amide bonds. The second kappa shape index (κ2) is 8.82. The van der Waals surface area contributed by atoms with Crippen LogP contribution in [0.25, 0.3) is 0 Å². The fourth-order valence-electron chi connectivity index (χ4n) is 2.82. The number of rotatable bonds is 6. The Labute approximate surface area is 139 Å². The van der Waals surface area contributed by atoms with E-state index in [2.05, 4.69) is 25.1 Å². The highest BCUT2D eigenvalue weighted by molar-refractivity contribution is 5.92. The van der Waals surface area contributed by atoms with Crippen LogP contribution < -0.4 is 10.2 Å². The zero-order chi connectivity index (χ0) is 16.7. The summed E-state index contributed by atoms with van der Waals surface area (Å²) in [5.41, 5.74) is 0.474. The fourth-order valence-corrected chi connectivity index (χ4v) is 2.82. The standard InChI is InChI=1S/C17H29N5O/c1-14-19-15(17(23)18-9-8-10-21(2)3)13-16(20-14)22-11-6-4-5-7-12-22/h13H,4-12H2,1-3H3,(H,18,23). The van der Waals surface area contributed by atoms with Gasteiger partial charge in [-0.15, -0.1) is 0 Å². The number of nitrogens with zero attached hydrogens (tertiary/aromatic N) is 4. The summed E-state index contributed by atoms with van der Waals surface area (Å²) in [6.45, 7) is 5.51. The lowest BCUT2D eigenvalue weighted by molar-refractivity contribution is 0.0947. The van der Waals surface area contributed by atoms with Gasteiger partial charge in [0.2, 0.25) is 0 Å². The molecular formula is C17H29N5O. The van der Waals surface area contributed by atoms with E-state index in [9.17, 15) is 4.79 Å². The predicted octanol–water partition coefficient (Wildman–Crippen LogP) is 1.85. The Morgan fingerprint density at radius 2 is 1.91 bits per heavy atom. The molecule has 0 aromatic carbocycles. The second-order valence-corrected chi connectivity index (χ2v) is 6.47. The topological polar surface area (TPSA) is 61.4 Å². The van der Waals surface area contributed by atoms with E-state index in [0.717, 1.165) is 31.9 Å². The molecule has 1 aliphatic rings. The predicted molar refractivity (Wildman–Crippen MR) is 93.0 cm³/mol. The summed E-state index contributed by atoms with van der Waals surface area (Å²) in [4.78, 5) is 25.5. The zero-order valence-electron chi connectivity index (χ0n) is 14.6. The second-order valence-electron chi connectivity index (χ2n) is 6.47. The van der Waals surface area contributed by atoms with Gasteiger partial charge in [-0.3, -0.25) is 4.79 Å². The normalized spacial score (nSPS) is 15.6. The minimum atomic E-state index is -0.106. The molecule has 0 saturated carbocycles. The Bertz CT molecular complexity index is 510. The Balaban J connectivity index is 1.99. The molecule has 1 N–H and O–H groups in total. The molecule has 2 heterocycles. The fraction of sp³-hybridized carbons (Fsp3) is 0.706. The first-order chi connectivity index (χ1) is 11.1. The highest BCUT2D eigenvalue weighted by Gasteiger charge is 2.15. The Kier molecular flexibility index (Phi) is 6.77. The summed E-state index contributed by atoms with van der Waals surface area (Å²) in [6.07, 6.45) is 5.87. The summed E-state index contributed by atoms with van der Waals surface area (Å²) < 4.78 is 0. The van der Waals surface area contributed by atoms with Gasteiger partial charge in [0.25, 0.3) is 5.91 Å². The van der Waals surface area contributed by atoms with Crippen molar-refractivity contribution in [1.82, 2.24) is 20.2 Å². The molecule has 1 fully saturated rings. The molecule has 1 aromatic rings. The Hall–Kier alpha value is -1.69. The number of anilines is 1. The largest absolute Gasteiger partial charge is 0.356 e. The first-order valence-corrected chi connectivity index (χ1v) is 8.60. The van der Waals surface area contributed by atoms with Crippen molar-refractivity contribution >= 4 is 11.7 Å². The third-order valence-electron chi connectivity index (χ3n) is 4.05. The smallest absolute Gasteiger partial charge is 0.270 e. The van der Waals surface area contributed by atoms with Crippen LogP contribution in [0.4, 0.5) is 5.82 Å². The maximum atomic E-state index is 12.3. The van der Waals surface area contributed by atoms with E-state index in [0.29, 0.717) is 18.1 Å². The van der Waals surface area contributed by atoms with Crippen LogP contribution in [-0.4, -0.2) is 61.0 Å². The molecule has 23 heavy (non-hydrogen) atoms. The van der Waals surface area contributed by atoms with E-state index in [-0.39, 0.29) is 5.91 Å². The molecule has 0 bridgehead atoms. The van der Waals surface area contributed by atoms with Gasteiger partial charge in [0.1, 0.15) is 17.3 Å². The summed E-state index contributed by atoms with van der Waals surface area (Å²) in [6, 6.07) is 1.83. The van der Waals surface area contributed by atoms with Crippen molar-refractivity contribution in [3.8, 4) is 0 Å². The lowest BCUT2D eigenvalue weighted by Crippen LogP contribution is -2.29. The maximum Gasteiger partial charge on any atom is 0.270 e. The molecule has 6 heteroatoms. The van der Waals surface area contributed by atoms with E-state index in [1.165, 1.54) is 25.7 Å². The molecule has 0 radical (unpaired) electrons. The van der Waals surface area contributed by atoms with Gasteiger partial charge in [0.05, 0.1) is 0 Å². The number of aromatic nitrogens is 2. The molecule has 128 valence electrons. The van der Waals surface area contributed by atoms with Crippen LogP contribution in [0, 0.1) is 6.92 Å². The Morgan fingerprint density at radius 3 is 2.57 bits per heavy atom. The van der Waals surface area contributed by atoms with E-state index in [1.54, 1.807) is 0 Å². The van der Waals surface area contributed by atoms with E-state index < -0.39 is 0 Å². The SMILES string of the molecule is Cc1nc(C(=O)NCCCN(C)C)cc(N2CCCCCC2)n1. The van der Waals surface area contributed by atoms with Gasteiger partial charge in [0, 0.05) is 25.7 Å². The molecule has 2 rings (SSSR count). The van der Waals surface area contributed by atoms with Gasteiger partial charge >= 0.3 is 0 Å². The van der Waals surface area contributed by atoms with Crippen LogP contribution in [0.15, 0.2) is 6.07 Å². The molecule has 1 aliphatic heterocycles. The highest BCUT2D eigenvalue weighted by Crippen LogP contribution is 2.18. The van der Waals surface area contributed by atoms with Gasteiger partial charge in [-0.1, -0.05) is 12.8 Å². The number of carbonyl (C=O) groups is 1. The van der Waals surface area contributed by atoms with Crippen molar-refractivity contribution in [3.05, 3.63) is 17.6 Å². The monoisotopic (exact) mass is 319 g/mol. The van der Waals surface area contributed by atoms with Crippen molar-refractivity contribution in [2.24, 2.45) is 0 Å². The third-order valence-corrected chi connectivity index (χ3v) is 4.05. The van der Waals surface area contributed by atoms with Gasteiger partial charge in [-0.25, -0.2) is 9.97 Å². The minimum absolute atomic E-state index is 0.106. The quantitative estimate of drug-likeness (QED) is 0.811. The summed E-state index contributed by atoms with van der Waals surface area (Å²) in [7, 11) is 4.06. The average Bonchev–Trinajstić information content (AvgIpc) is 2.79. The van der Waals surface area contributed by atoms with Gasteiger partial charge in [0.15, 0.2) is 0 Å². The van der Waals surface area contributed by atoms with Crippen molar-refractivity contribution in [2.45, 2.75) is 39.0 Å². The number of carbonyl (C=O) groups excluding carboxylic acids is 1. The van der Waals surface area contributed by atoms with Crippen molar-refractivity contribution < 1.29 is 4.79 Å². The van der Waals surface area contributed by atoms with Crippen LogP contribution in [-0.2, 0) is 0 Å². The molecule has 1 aromatic heterocycles. The lowest BCUT2D eigenvalue weighted by Gasteiger charge is -2.22. The van der Waals surface area contributed by atoms with E-state index >= 15 is 0 Å². The summed E-state index contributed by atoms with van der Waals surface area (Å²) >= 11 is 0. The van der Waals surface area contributed by atoms with Crippen LogP contribution in [0.1, 0.15) is 48.4 Å². The molecule has 0 spiro atoms. The molecule has 6 nitrogen and oxygen atoms in total. The van der Waals surface area contributed by atoms with Crippen LogP contribution in [0.3, 0.4) is 0 Å². The molecule has 0 aliphatic carbocycles. The first kappa shape index (κ1) is 17.7. The van der Waals surface area contributed by atoms with Crippen LogP contribution in [0.5, 0.6) is 0 Å². The number of nitrogens with one attached hydrogen (secondary N) is 1. The van der Waals surface area contributed by atoms with Gasteiger partial charge < -0.3 is 15.1 Å². The highest BCUT2D eigenvalue weighted by atomic mass is 16.1. The van der Waals surface area contributed by atoms with Crippen molar-refractivity contribution in [1.29, 1.82) is 0 Å². The van der Waals surface area contributed by atoms with Crippen LogP contribution >= 0.6 is 0 Å². The average molecular weight is 319 g/mol. The summed E-state index contributed by atoms with van der Waals surface area (Å²) in [5.74, 6) is 1.44.